The fourth-order valence-electron chi connectivity index (χ4n) is 2.69. The summed E-state index contributed by atoms with van der Waals surface area (Å²) in [5.74, 6) is -1.60. The number of carbonyl (C=O) groups is 3. The van der Waals surface area contributed by atoms with E-state index < -0.39 is 29.8 Å². The van der Waals surface area contributed by atoms with Gasteiger partial charge in [0.2, 0.25) is 11.8 Å². The van der Waals surface area contributed by atoms with Gasteiger partial charge in [-0.3, -0.25) is 9.59 Å². The molecule has 9 heteroatoms. The van der Waals surface area contributed by atoms with Gasteiger partial charge >= 0.3 is 6.03 Å². The lowest BCUT2D eigenvalue weighted by molar-refractivity contribution is -0.137. The molecule has 24 heavy (non-hydrogen) atoms. The standard InChI is InChI=1S/C15H18BrFN4O3/c1-7-5-12(14(23)21(7)8(2)13(18)22)20-15(24)19-11-4-3-9(16)6-10(11)17/h3-4,6-8,12H,5H2,1-2H3,(H2,18,22)(H2,19,20,24)/t7?,8-,12-/m0/s1. The highest BCUT2D eigenvalue weighted by atomic mass is 79.9. The lowest BCUT2D eigenvalue weighted by Gasteiger charge is -2.26. The van der Waals surface area contributed by atoms with Crippen molar-refractivity contribution >= 4 is 39.5 Å². The molecule has 0 aliphatic carbocycles. The van der Waals surface area contributed by atoms with Gasteiger partial charge in [-0.05, 0) is 38.5 Å². The number of carbonyl (C=O) groups excluding carboxylic acids is 3. The van der Waals surface area contributed by atoms with E-state index in [1.165, 1.54) is 24.0 Å². The number of benzene rings is 1. The SMILES string of the molecule is CC1C[C@H](NC(=O)Nc2ccc(Br)cc2F)C(=O)N1[C@@H](C)C(N)=O. The number of amides is 4. The molecule has 1 aliphatic heterocycles. The number of urea groups is 1. The molecule has 1 aliphatic rings. The highest BCUT2D eigenvalue weighted by molar-refractivity contribution is 9.10. The average Bonchev–Trinajstić information content (AvgIpc) is 2.75. The zero-order valence-electron chi connectivity index (χ0n) is 13.2. The summed E-state index contributed by atoms with van der Waals surface area (Å²) in [7, 11) is 0. The fourth-order valence-corrected chi connectivity index (χ4v) is 3.02. The van der Waals surface area contributed by atoms with Crippen LogP contribution in [0.15, 0.2) is 22.7 Å². The third-order valence-corrected chi connectivity index (χ3v) is 4.41. The number of nitrogens with zero attached hydrogens (tertiary/aromatic N) is 1. The number of likely N-dealkylation sites (tertiary alicyclic amines) is 1. The Morgan fingerprint density at radius 3 is 2.71 bits per heavy atom. The van der Waals surface area contributed by atoms with E-state index in [-0.39, 0.29) is 17.6 Å². The van der Waals surface area contributed by atoms with Gasteiger partial charge in [-0.2, -0.15) is 0 Å². The number of halogens is 2. The second-order valence-corrected chi connectivity index (χ2v) is 6.60. The summed E-state index contributed by atoms with van der Waals surface area (Å²) >= 11 is 3.12. The quantitative estimate of drug-likeness (QED) is 0.714. The van der Waals surface area contributed by atoms with E-state index in [1.807, 2.05) is 0 Å². The maximum absolute atomic E-state index is 13.7. The molecule has 1 aromatic carbocycles. The smallest absolute Gasteiger partial charge is 0.319 e. The van der Waals surface area contributed by atoms with Gasteiger partial charge < -0.3 is 21.3 Å². The van der Waals surface area contributed by atoms with Gasteiger partial charge in [0.25, 0.3) is 0 Å². The van der Waals surface area contributed by atoms with E-state index in [0.29, 0.717) is 10.9 Å². The fraction of sp³-hybridized carbons (Fsp3) is 0.400. The summed E-state index contributed by atoms with van der Waals surface area (Å²) in [4.78, 5) is 37.0. The molecule has 0 spiro atoms. The van der Waals surface area contributed by atoms with Crippen molar-refractivity contribution in [2.45, 2.75) is 38.4 Å². The molecule has 0 aromatic heterocycles. The summed E-state index contributed by atoms with van der Waals surface area (Å²) in [6.07, 6.45) is 0.340. The Hall–Kier alpha value is -2.16. The van der Waals surface area contributed by atoms with Crippen molar-refractivity contribution in [1.82, 2.24) is 10.2 Å². The van der Waals surface area contributed by atoms with Crippen molar-refractivity contribution in [1.29, 1.82) is 0 Å². The molecule has 0 bridgehead atoms. The first-order valence-corrected chi connectivity index (χ1v) is 8.14. The Morgan fingerprint density at radius 1 is 1.46 bits per heavy atom. The molecule has 130 valence electrons. The van der Waals surface area contributed by atoms with Crippen LogP contribution in [0.1, 0.15) is 20.3 Å². The highest BCUT2D eigenvalue weighted by Gasteiger charge is 2.41. The minimum absolute atomic E-state index is 0.00319. The third-order valence-electron chi connectivity index (χ3n) is 3.92. The molecular weight excluding hydrogens is 383 g/mol. The minimum Gasteiger partial charge on any atom is -0.368 e. The van der Waals surface area contributed by atoms with E-state index >= 15 is 0 Å². The summed E-state index contributed by atoms with van der Waals surface area (Å²) in [6.45, 7) is 3.31. The summed E-state index contributed by atoms with van der Waals surface area (Å²) in [5, 5.41) is 4.86. The van der Waals surface area contributed by atoms with Crippen molar-refractivity contribution in [3.05, 3.63) is 28.5 Å². The van der Waals surface area contributed by atoms with E-state index in [9.17, 15) is 18.8 Å². The second kappa shape index (κ2) is 7.16. The van der Waals surface area contributed by atoms with E-state index in [4.69, 9.17) is 5.73 Å². The van der Waals surface area contributed by atoms with Gasteiger partial charge in [-0.25, -0.2) is 9.18 Å². The molecule has 4 amide bonds. The van der Waals surface area contributed by atoms with Crippen molar-refractivity contribution < 1.29 is 18.8 Å². The zero-order valence-corrected chi connectivity index (χ0v) is 14.8. The first-order valence-electron chi connectivity index (χ1n) is 7.34. The Kier molecular flexibility index (Phi) is 5.43. The largest absolute Gasteiger partial charge is 0.368 e. The van der Waals surface area contributed by atoms with Crippen LogP contribution in [0.3, 0.4) is 0 Å². The summed E-state index contributed by atoms with van der Waals surface area (Å²) < 4.78 is 14.3. The van der Waals surface area contributed by atoms with Gasteiger partial charge in [0.05, 0.1) is 5.69 Å². The van der Waals surface area contributed by atoms with Crippen molar-refractivity contribution in [2.24, 2.45) is 5.73 Å². The highest BCUT2D eigenvalue weighted by Crippen LogP contribution is 2.22. The van der Waals surface area contributed by atoms with Crippen LogP contribution < -0.4 is 16.4 Å². The van der Waals surface area contributed by atoms with E-state index in [0.717, 1.165) is 0 Å². The Balaban J connectivity index is 2.02. The first-order chi connectivity index (χ1) is 11.2. The van der Waals surface area contributed by atoms with Crippen molar-refractivity contribution in [2.75, 3.05) is 5.32 Å². The Bertz CT molecular complexity index is 685. The average molecular weight is 401 g/mol. The molecule has 7 nitrogen and oxygen atoms in total. The van der Waals surface area contributed by atoms with Crippen LogP contribution in [0.2, 0.25) is 0 Å². The number of hydrogen-bond donors (Lipinski definition) is 3. The second-order valence-electron chi connectivity index (χ2n) is 5.68. The predicted molar refractivity (Wildman–Crippen MR) is 89.6 cm³/mol. The monoisotopic (exact) mass is 400 g/mol. The molecule has 1 saturated heterocycles. The molecule has 0 saturated carbocycles. The molecule has 2 rings (SSSR count). The van der Waals surface area contributed by atoms with Crippen LogP contribution in [0.4, 0.5) is 14.9 Å². The van der Waals surface area contributed by atoms with Crippen LogP contribution in [-0.2, 0) is 9.59 Å². The Morgan fingerprint density at radius 2 is 2.12 bits per heavy atom. The number of hydrogen-bond acceptors (Lipinski definition) is 3. The number of rotatable bonds is 4. The molecule has 1 heterocycles. The Labute approximate surface area is 146 Å². The molecule has 1 aromatic rings. The molecule has 3 atom stereocenters. The maximum Gasteiger partial charge on any atom is 0.319 e. The lowest BCUT2D eigenvalue weighted by atomic mass is 10.2. The number of primary amides is 1. The summed E-state index contributed by atoms with van der Waals surface area (Å²) in [5.41, 5.74) is 5.24. The first kappa shape index (κ1) is 18.2. The van der Waals surface area contributed by atoms with Crippen molar-refractivity contribution in [3.8, 4) is 0 Å². The zero-order chi connectivity index (χ0) is 18.0. The molecule has 0 radical (unpaired) electrons. The van der Waals surface area contributed by atoms with Gasteiger partial charge in [0.1, 0.15) is 17.9 Å². The van der Waals surface area contributed by atoms with E-state index in [1.54, 1.807) is 13.0 Å². The topological polar surface area (TPSA) is 105 Å². The number of anilines is 1. The normalized spacial score (nSPS) is 21.5. The number of nitrogens with two attached hydrogens (primary N) is 1. The van der Waals surface area contributed by atoms with Gasteiger partial charge in [0.15, 0.2) is 0 Å². The van der Waals surface area contributed by atoms with Gasteiger partial charge in [-0.1, -0.05) is 15.9 Å². The maximum atomic E-state index is 13.7. The predicted octanol–water partition coefficient (Wildman–Crippen LogP) is 1.57. The molecule has 4 N–H and O–H groups in total. The molecule has 1 fully saturated rings. The third kappa shape index (κ3) is 3.84. The lowest BCUT2D eigenvalue weighted by Crippen LogP contribution is -2.49. The van der Waals surface area contributed by atoms with Crippen LogP contribution in [-0.4, -0.2) is 40.9 Å². The summed E-state index contributed by atoms with van der Waals surface area (Å²) in [6, 6.07) is 1.71. The number of nitrogens with one attached hydrogen (secondary N) is 2. The van der Waals surface area contributed by atoms with E-state index in [2.05, 4.69) is 26.6 Å². The van der Waals surface area contributed by atoms with Gasteiger partial charge in [0, 0.05) is 10.5 Å². The molecular formula is C15H18BrFN4O3. The van der Waals surface area contributed by atoms with Crippen LogP contribution >= 0.6 is 15.9 Å². The van der Waals surface area contributed by atoms with Crippen molar-refractivity contribution in [3.63, 3.8) is 0 Å². The van der Waals surface area contributed by atoms with Gasteiger partial charge in [-0.15, -0.1) is 0 Å². The van der Waals surface area contributed by atoms with Crippen LogP contribution in [0.25, 0.3) is 0 Å². The van der Waals surface area contributed by atoms with Crippen LogP contribution in [0, 0.1) is 5.82 Å². The minimum atomic E-state index is -0.791. The van der Waals surface area contributed by atoms with Crippen LogP contribution in [0.5, 0.6) is 0 Å². The molecule has 1 unspecified atom stereocenters.